The van der Waals surface area contributed by atoms with E-state index < -0.39 is 17.9 Å². The van der Waals surface area contributed by atoms with Gasteiger partial charge < -0.3 is 15.9 Å². The van der Waals surface area contributed by atoms with Crippen LogP contribution in [0.1, 0.15) is 11.7 Å². The van der Waals surface area contributed by atoms with Gasteiger partial charge in [0.15, 0.2) is 0 Å². The van der Waals surface area contributed by atoms with Gasteiger partial charge in [0.1, 0.15) is 6.10 Å². The molecule has 1 atom stereocenters. The van der Waals surface area contributed by atoms with E-state index in [9.17, 15) is 14.7 Å². The lowest BCUT2D eigenvalue weighted by Crippen LogP contribution is -2.21. The van der Waals surface area contributed by atoms with Crippen molar-refractivity contribution in [2.24, 2.45) is 0 Å². The molecule has 0 heterocycles. The maximum atomic E-state index is 10.8. The number of rotatable bonds is 3. The largest absolute Gasteiger partial charge is 0.475 e. The maximum absolute atomic E-state index is 10.8. The van der Waals surface area contributed by atoms with Gasteiger partial charge in [-0.05, 0) is 17.7 Å². The summed E-state index contributed by atoms with van der Waals surface area (Å²) in [5, 5.41) is 17.6. The van der Waals surface area contributed by atoms with Crippen molar-refractivity contribution in [3.63, 3.8) is 0 Å². The third-order valence-corrected chi connectivity index (χ3v) is 1.71. The molecule has 5 heteroatoms. The van der Waals surface area contributed by atoms with E-state index in [0.29, 0.717) is 5.69 Å². The van der Waals surface area contributed by atoms with Gasteiger partial charge in [0, 0.05) is 5.69 Å². The fraction of sp³-hybridized carbons (Fsp3) is 0.111. The molecule has 0 saturated carbocycles. The normalized spacial score (nSPS) is 12.1. The van der Waals surface area contributed by atoms with Crippen molar-refractivity contribution >= 4 is 17.4 Å². The van der Waals surface area contributed by atoms with Gasteiger partial charge in [0.25, 0.3) is 5.78 Å². The number of carbonyl (C=O) groups excluding carboxylic acids is 1. The van der Waals surface area contributed by atoms with Gasteiger partial charge in [0.05, 0.1) is 0 Å². The van der Waals surface area contributed by atoms with Gasteiger partial charge in [-0.2, -0.15) is 0 Å². The number of carboxylic acid groups (broad SMARTS) is 1. The molecule has 0 spiro atoms. The summed E-state index contributed by atoms with van der Waals surface area (Å²) in [4.78, 5) is 21.1. The van der Waals surface area contributed by atoms with Gasteiger partial charge in [-0.15, -0.1) is 0 Å². The summed E-state index contributed by atoms with van der Waals surface area (Å²) >= 11 is 0. The molecule has 0 amide bonds. The van der Waals surface area contributed by atoms with E-state index in [2.05, 4.69) is 0 Å². The Morgan fingerprint density at radius 1 is 1.21 bits per heavy atom. The number of carboxylic acids is 1. The van der Waals surface area contributed by atoms with Gasteiger partial charge in [0.2, 0.25) is 0 Å². The quantitative estimate of drug-likeness (QED) is 0.464. The second-order valence-corrected chi connectivity index (χ2v) is 2.74. The van der Waals surface area contributed by atoms with Gasteiger partial charge >= 0.3 is 5.97 Å². The van der Waals surface area contributed by atoms with Crippen molar-refractivity contribution in [1.29, 1.82) is 0 Å². The molecule has 0 aliphatic carbocycles. The monoisotopic (exact) mass is 195 g/mol. The Morgan fingerprint density at radius 3 is 2.14 bits per heavy atom. The standard InChI is InChI=1S/C9H9NO4/c10-6-3-1-5(2-4-6)7(11)8(12)9(13)14/h1-4,7,11H,10H2,(H,13,14). The molecule has 0 aliphatic heterocycles. The van der Waals surface area contributed by atoms with Crippen molar-refractivity contribution < 1.29 is 19.8 Å². The zero-order valence-corrected chi connectivity index (χ0v) is 7.18. The Labute approximate surface area is 79.8 Å². The zero-order valence-electron chi connectivity index (χ0n) is 7.18. The highest BCUT2D eigenvalue weighted by molar-refractivity contribution is 6.34. The second kappa shape index (κ2) is 3.89. The number of Topliss-reactive ketones (excluding diaryl/α,β-unsaturated/α-hetero) is 1. The van der Waals surface area contributed by atoms with E-state index in [1.165, 1.54) is 24.3 Å². The summed E-state index contributed by atoms with van der Waals surface area (Å²) in [7, 11) is 0. The smallest absolute Gasteiger partial charge is 0.375 e. The molecule has 74 valence electrons. The van der Waals surface area contributed by atoms with E-state index in [1.807, 2.05) is 0 Å². The fourth-order valence-electron chi connectivity index (χ4n) is 0.947. The molecule has 5 nitrogen and oxygen atoms in total. The molecule has 4 N–H and O–H groups in total. The van der Waals surface area contributed by atoms with Crippen molar-refractivity contribution in [1.82, 2.24) is 0 Å². The predicted molar refractivity (Wildman–Crippen MR) is 48.5 cm³/mol. The average Bonchev–Trinajstić information content (AvgIpc) is 2.16. The Bertz CT molecular complexity index is 358. The molecule has 14 heavy (non-hydrogen) atoms. The molecule has 1 aromatic rings. The highest BCUT2D eigenvalue weighted by Gasteiger charge is 2.23. The predicted octanol–water partition coefficient (Wildman–Crippen LogP) is -0.0441. The second-order valence-electron chi connectivity index (χ2n) is 2.74. The number of aliphatic hydroxyl groups excluding tert-OH is 1. The first-order valence-corrected chi connectivity index (χ1v) is 3.83. The van der Waals surface area contributed by atoms with Crippen LogP contribution in [0.5, 0.6) is 0 Å². The Balaban J connectivity index is 2.89. The number of nitrogens with two attached hydrogens (primary N) is 1. The molecule has 0 aromatic heterocycles. The lowest BCUT2D eigenvalue weighted by Gasteiger charge is -2.06. The van der Waals surface area contributed by atoms with Crippen molar-refractivity contribution in [3.05, 3.63) is 29.8 Å². The molecule has 1 rings (SSSR count). The van der Waals surface area contributed by atoms with Crippen LogP contribution in [0.25, 0.3) is 0 Å². The van der Waals surface area contributed by atoms with Crippen LogP contribution in [-0.4, -0.2) is 22.0 Å². The van der Waals surface area contributed by atoms with Gasteiger partial charge in [-0.1, -0.05) is 12.1 Å². The highest BCUT2D eigenvalue weighted by Crippen LogP contribution is 2.15. The van der Waals surface area contributed by atoms with Crippen molar-refractivity contribution in [2.75, 3.05) is 5.73 Å². The van der Waals surface area contributed by atoms with Crippen LogP contribution in [0, 0.1) is 0 Å². The van der Waals surface area contributed by atoms with Crippen LogP contribution in [0.4, 0.5) is 5.69 Å². The molecule has 0 fully saturated rings. The molecule has 0 bridgehead atoms. The van der Waals surface area contributed by atoms with Crippen LogP contribution in [0.3, 0.4) is 0 Å². The first-order chi connectivity index (χ1) is 6.52. The third-order valence-electron chi connectivity index (χ3n) is 1.71. The third kappa shape index (κ3) is 2.08. The van der Waals surface area contributed by atoms with Crippen LogP contribution >= 0.6 is 0 Å². The summed E-state index contributed by atoms with van der Waals surface area (Å²) in [5.41, 5.74) is 6.07. The van der Waals surface area contributed by atoms with Crippen molar-refractivity contribution in [3.8, 4) is 0 Å². The SMILES string of the molecule is Nc1ccc(C(O)C(=O)C(=O)O)cc1. The number of ketones is 1. The zero-order chi connectivity index (χ0) is 10.7. The average molecular weight is 195 g/mol. The minimum absolute atomic E-state index is 0.214. The minimum atomic E-state index is -1.66. The fourth-order valence-corrected chi connectivity index (χ4v) is 0.947. The van der Waals surface area contributed by atoms with Gasteiger partial charge in [-0.3, -0.25) is 4.79 Å². The van der Waals surface area contributed by atoms with E-state index in [0.717, 1.165) is 0 Å². The van der Waals surface area contributed by atoms with Gasteiger partial charge in [-0.25, -0.2) is 4.79 Å². The van der Waals surface area contributed by atoms with Crippen LogP contribution in [0.15, 0.2) is 24.3 Å². The summed E-state index contributed by atoms with van der Waals surface area (Å²) in [6, 6.07) is 5.77. The van der Waals surface area contributed by atoms with Crippen LogP contribution < -0.4 is 5.73 Å². The Kier molecular flexibility index (Phi) is 2.83. The number of aliphatic hydroxyl groups is 1. The van der Waals surface area contributed by atoms with E-state index in [4.69, 9.17) is 10.8 Å². The van der Waals surface area contributed by atoms with E-state index in [1.54, 1.807) is 0 Å². The number of benzene rings is 1. The number of carbonyl (C=O) groups is 2. The minimum Gasteiger partial charge on any atom is -0.475 e. The Hall–Kier alpha value is -1.88. The van der Waals surface area contributed by atoms with E-state index >= 15 is 0 Å². The molecule has 1 aromatic carbocycles. The number of anilines is 1. The molecular formula is C9H9NO4. The Morgan fingerprint density at radius 2 is 1.71 bits per heavy atom. The number of hydrogen-bond donors (Lipinski definition) is 3. The van der Waals surface area contributed by atoms with Crippen LogP contribution in [0.2, 0.25) is 0 Å². The summed E-state index contributed by atoms with van der Waals surface area (Å²) < 4.78 is 0. The molecule has 1 unspecified atom stereocenters. The lowest BCUT2D eigenvalue weighted by molar-refractivity contribution is -0.153. The first-order valence-electron chi connectivity index (χ1n) is 3.83. The number of hydrogen-bond acceptors (Lipinski definition) is 4. The first kappa shape index (κ1) is 10.2. The van der Waals surface area contributed by atoms with Crippen molar-refractivity contribution in [2.45, 2.75) is 6.10 Å². The highest BCUT2D eigenvalue weighted by atomic mass is 16.4. The molecule has 0 saturated heterocycles. The maximum Gasteiger partial charge on any atom is 0.375 e. The summed E-state index contributed by atoms with van der Waals surface area (Å²) in [5.74, 6) is -2.91. The molecule has 0 aliphatic rings. The lowest BCUT2D eigenvalue weighted by atomic mass is 10.1. The molecular weight excluding hydrogens is 186 g/mol. The summed E-state index contributed by atoms with van der Waals surface area (Å²) in [6.07, 6.45) is -1.63. The topological polar surface area (TPSA) is 101 Å². The number of aliphatic carboxylic acids is 1. The number of nitrogen functional groups attached to an aromatic ring is 1. The van der Waals surface area contributed by atoms with E-state index in [-0.39, 0.29) is 5.56 Å². The summed E-state index contributed by atoms with van der Waals surface area (Å²) in [6.45, 7) is 0. The van der Waals surface area contributed by atoms with Crippen LogP contribution in [-0.2, 0) is 9.59 Å². The molecule has 0 radical (unpaired) electrons.